The van der Waals surface area contributed by atoms with Crippen molar-refractivity contribution in [3.8, 4) is 5.75 Å². The van der Waals surface area contributed by atoms with E-state index in [0.717, 1.165) is 16.9 Å². The first kappa shape index (κ1) is 19.4. The van der Waals surface area contributed by atoms with Crippen LogP contribution in [0.4, 0.5) is 5.00 Å². The van der Waals surface area contributed by atoms with Gasteiger partial charge in [-0.25, -0.2) is 0 Å². The van der Waals surface area contributed by atoms with Crippen LogP contribution < -0.4 is 10.1 Å². The molecule has 0 bridgehead atoms. The Morgan fingerprint density at radius 3 is 2.50 bits per heavy atom. The Morgan fingerprint density at radius 1 is 1.27 bits per heavy atom. The highest BCUT2D eigenvalue weighted by Gasteiger charge is 2.21. The second-order valence-corrected chi connectivity index (χ2v) is 6.48. The molecule has 0 saturated heterocycles. The number of carboxylic acids is 1. The Kier molecular flexibility index (Phi) is 6.67. The molecule has 0 fully saturated rings. The van der Waals surface area contributed by atoms with Crippen molar-refractivity contribution in [1.82, 2.24) is 5.32 Å². The number of rotatable bonds is 9. The van der Waals surface area contributed by atoms with Gasteiger partial charge >= 0.3 is 11.0 Å². The first-order valence-corrected chi connectivity index (χ1v) is 8.69. The normalized spacial score (nSPS) is 11.6. The maximum Gasteiger partial charge on any atom is 0.324 e. The molecule has 0 aliphatic carbocycles. The average molecular weight is 378 g/mol. The van der Waals surface area contributed by atoms with Crippen LogP contribution in [0.3, 0.4) is 0 Å². The van der Waals surface area contributed by atoms with E-state index in [0.29, 0.717) is 12.4 Å². The number of hydrogen-bond acceptors (Lipinski definition) is 6. The monoisotopic (exact) mass is 378 g/mol. The van der Waals surface area contributed by atoms with Crippen molar-refractivity contribution in [2.45, 2.75) is 13.3 Å². The summed E-state index contributed by atoms with van der Waals surface area (Å²) in [7, 11) is 0. The number of nitro groups is 1. The summed E-state index contributed by atoms with van der Waals surface area (Å²) in [4.78, 5) is 33.7. The minimum Gasteiger partial charge on any atom is -0.494 e. The lowest BCUT2D eigenvalue weighted by Crippen LogP contribution is -2.33. The maximum absolute atomic E-state index is 12.0. The Morgan fingerprint density at radius 2 is 1.96 bits per heavy atom. The molecule has 9 heteroatoms. The minimum atomic E-state index is -1.03. The van der Waals surface area contributed by atoms with Gasteiger partial charge in [0.05, 0.1) is 22.3 Å². The summed E-state index contributed by atoms with van der Waals surface area (Å²) in [5.74, 6) is -1.67. The van der Waals surface area contributed by atoms with Gasteiger partial charge in [0.2, 0.25) is 0 Å². The Labute approximate surface area is 153 Å². The van der Waals surface area contributed by atoms with Gasteiger partial charge in [-0.3, -0.25) is 19.7 Å². The fraction of sp³-hybridized carbons (Fsp3) is 0.294. The number of carbonyl (C=O) groups excluding carboxylic acids is 1. The van der Waals surface area contributed by atoms with Crippen LogP contribution in [0.2, 0.25) is 0 Å². The zero-order valence-corrected chi connectivity index (χ0v) is 14.8. The highest BCUT2D eigenvalue weighted by molar-refractivity contribution is 7.17. The summed E-state index contributed by atoms with van der Waals surface area (Å²) >= 11 is 0.747. The van der Waals surface area contributed by atoms with Gasteiger partial charge in [-0.15, -0.1) is 0 Å². The minimum absolute atomic E-state index is 0.0763. The highest BCUT2D eigenvalue weighted by atomic mass is 32.1. The van der Waals surface area contributed by atoms with Crippen molar-refractivity contribution in [1.29, 1.82) is 0 Å². The second-order valence-electron chi connectivity index (χ2n) is 5.42. The highest BCUT2D eigenvalue weighted by Crippen LogP contribution is 2.23. The number of benzene rings is 1. The molecule has 1 amide bonds. The number of ether oxygens (including phenoxy) is 1. The lowest BCUT2D eigenvalue weighted by Gasteiger charge is -2.13. The fourth-order valence-corrected chi connectivity index (χ4v) is 3.01. The number of thiophene rings is 1. The smallest absolute Gasteiger partial charge is 0.324 e. The van der Waals surface area contributed by atoms with E-state index in [4.69, 9.17) is 4.74 Å². The molecule has 0 spiro atoms. The number of amides is 1. The summed E-state index contributed by atoms with van der Waals surface area (Å²) in [6.45, 7) is 2.34. The molecule has 2 aromatic rings. The molecule has 1 unspecified atom stereocenters. The van der Waals surface area contributed by atoms with E-state index < -0.39 is 22.7 Å². The molecule has 0 aliphatic rings. The van der Waals surface area contributed by atoms with Gasteiger partial charge in [0.15, 0.2) is 0 Å². The summed E-state index contributed by atoms with van der Waals surface area (Å²) in [5, 5.41) is 22.4. The summed E-state index contributed by atoms with van der Waals surface area (Å²) in [6.07, 6.45) is 0.243. The Balaban J connectivity index is 1.95. The van der Waals surface area contributed by atoms with Gasteiger partial charge in [0, 0.05) is 12.6 Å². The van der Waals surface area contributed by atoms with E-state index in [9.17, 15) is 24.8 Å². The molecule has 2 N–H and O–H groups in total. The Bertz CT molecular complexity index is 787. The Hall–Kier alpha value is -2.94. The van der Waals surface area contributed by atoms with E-state index in [1.165, 1.54) is 12.1 Å². The lowest BCUT2D eigenvalue weighted by atomic mass is 9.99. The third-order valence-electron chi connectivity index (χ3n) is 3.57. The lowest BCUT2D eigenvalue weighted by molar-refractivity contribution is -0.380. The number of carbonyl (C=O) groups is 2. The number of aliphatic carboxylic acids is 1. The summed E-state index contributed by atoms with van der Waals surface area (Å²) in [6, 6.07) is 9.69. The summed E-state index contributed by atoms with van der Waals surface area (Å²) in [5.41, 5.74) is 0.807. The fourth-order valence-electron chi connectivity index (χ4n) is 2.27. The van der Waals surface area contributed by atoms with Crippen LogP contribution >= 0.6 is 11.3 Å². The third kappa shape index (κ3) is 5.28. The SMILES string of the molecule is CCOc1ccc(CC(CNC(=O)c2ccc([N+](=O)[O-])s2)C(=O)O)cc1. The molecule has 0 saturated carbocycles. The molecule has 1 aromatic heterocycles. The predicted molar refractivity (Wildman–Crippen MR) is 95.7 cm³/mol. The van der Waals surface area contributed by atoms with Gasteiger partial charge < -0.3 is 15.2 Å². The van der Waals surface area contributed by atoms with Gasteiger partial charge in [0.1, 0.15) is 5.75 Å². The predicted octanol–water partition coefficient (Wildman–Crippen LogP) is 2.73. The number of nitrogens with one attached hydrogen (secondary N) is 1. The first-order valence-electron chi connectivity index (χ1n) is 7.87. The standard InChI is InChI=1S/C17H18N2O6S/c1-2-25-13-5-3-11(4-6-13)9-12(17(21)22)10-18-16(20)14-7-8-15(26-14)19(23)24/h3-8,12H,2,9-10H2,1H3,(H,18,20)(H,21,22). The van der Waals surface area contributed by atoms with Crippen LogP contribution in [0.25, 0.3) is 0 Å². The summed E-state index contributed by atoms with van der Waals surface area (Å²) < 4.78 is 5.34. The van der Waals surface area contributed by atoms with Crippen molar-refractivity contribution in [3.05, 3.63) is 57.0 Å². The van der Waals surface area contributed by atoms with Gasteiger partial charge in [-0.2, -0.15) is 0 Å². The molecular weight excluding hydrogens is 360 g/mol. The average Bonchev–Trinajstić information content (AvgIpc) is 3.10. The van der Waals surface area contributed by atoms with Crippen molar-refractivity contribution >= 4 is 28.2 Å². The zero-order chi connectivity index (χ0) is 19.1. The first-order chi connectivity index (χ1) is 12.4. The molecule has 0 aliphatic heterocycles. The van der Waals surface area contributed by atoms with E-state index in [2.05, 4.69) is 5.32 Å². The zero-order valence-electron chi connectivity index (χ0n) is 14.0. The molecule has 8 nitrogen and oxygen atoms in total. The van der Waals surface area contributed by atoms with E-state index in [-0.39, 0.29) is 22.8 Å². The third-order valence-corrected chi connectivity index (χ3v) is 4.61. The molecule has 1 aromatic carbocycles. The van der Waals surface area contributed by atoms with Gasteiger partial charge in [-0.1, -0.05) is 23.5 Å². The number of nitrogens with zero attached hydrogens (tertiary/aromatic N) is 1. The number of hydrogen-bond donors (Lipinski definition) is 2. The molecule has 2 rings (SSSR count). The molecule has 138 valence electrons. The van der Waals surface area contributed by atoms with E-state index in [1.807, 2.05) is 6.92 Å². The molecular formula is C17H18N2O6S. The van der Waals surface area contributed by atoms with Crippen LogP contribution in [-0.4, -0.2) is 35.1 Å². The quantitative estimate of drug-likeness (QED) is 0.511. The number of carboxylic acid groups (broad SMARTS) is 1. The second kappa shape index (κ2) is 8.95. The van der Waals surface area contributed by atoms with E-state index in [1.54, 1.807) is 24.3 Å². The molecule has 1 atom stereocenters. The van der Waals surface area contributed by atoms with Crippen LogP contribution in [0.1, 0.15) is 22.2 Å². The van der Waals surface area contributed by atoms with Crippen LogP contribution in [0.15, 0.2) is 36.4 Å². The molecule has 26 heavy (non-hydrogen) atoms. The van der Waals surface area contributed by atoms with Crippen LogP contribution in [-0.2, 0) is 11.2 Å². The van der Waals surface area contributed by atoms with Crippen molar-refractivity contribution in [3.63, 3.8) is 0 Å². The van der Waals surface area contributed by atoms with E-state index >= 15 is 0 Å². The molecule has 1 heterocycles. The van der Waals surface area contributed by atoms with Gasteiger partial charge in [0.25, 0.3) is 5.91 Å². The topological polar surface area (TPSA) is 119 Å². The maximum atomic E-state index is 12.0. The van der Waals surface area contributed by atoms with Gasteiger partial charge in [-0.05, 0) is 37.1 Å². The van der Waals surface area contributed by atoms with Crippen LogP contribution in [0, 0.1) is 16.0 Å². The van der Waals surface area contributed by atoms with Crippen molar-refractivity contribution in [2.75, 3.05) is 13.2 Å². The van der Waals surface area contributed by atoms with Crippen molar-refractivity contribution < 1.29 is 24.4 Å². The van der Waals surface area contributed by atoms with Crippen LogP contribution in [0.5, 0.6) is 5.75 Å². The largest absolute Gasteiger partial charge is 0.494 e. The molecule has 0 radical (unpaired) electrons. The van der Waals surface area contributed by atoms with Crippen molar-refractivity contribution in [2.24, 2.45) is 5.92 Å².